The summed E-state index contributed by atoms with van der Waals surface area (Å²) in [5, 5.41) is 8.53. The van der Waals surface area contributed by atoms with Crippen molar-refractivity contribution >= 4 is 10.2 Å². The number of likely N-dealkylation sites (N-methyl/N-ethyl adjacent to an activating group) is 1. The van der Waals surface area contributed by atoms with E-state index in [0.29, 0.717) is 5.57 Å². The Morgan fingerprint density at radius 3 is 2.58 bits per heavy atom. The predicted octanol–water partition coefficient (Wildman–Crippen LogP) is -0.484. The molecule has 0 amide bonds. The van der Waals surface area contributed by atoms with Gasteiger partial charge in [0, 0.05) is 20.3 Å². The van der Waals surface area contributed by atoms with Crippen molar-refractivity contribution in [3.8, 4) is 6.07 Å². The fourth-order valence-corrected chi connectivity index (χ4v) is 1.93. The van der Waals surface area contributed by atoms with Gasteiger partial charge in [0.2, 0.25) is 0 Å². The molecule has 0 unspecified atom stereocenters. The fourth-order valence-electron chi connectivity index (χ4n) is 0.932. The summed E-state index contributed by atoms with van der Waals surface area (Å²) >= 11 is 0. The lowest BCUT2D eigenvalue weighted by molar-refractivity contribution is 0.430. The zero-order chi connectivity index (χ0) is 9.35. The molecule has 5 nitrogen and oxygen atoms in total. The van der Waals surface area contributed by atoms with Crippen LogP contribution in [-0.4, -0.2) is 37.7 Å². The summed E-state index contributed by atoms with van der Waals surface area (Å²) in [6.45, 7) is 0.156. The molecule has 0 radical (unpaired) electrons. The van der Waals surface area contributed by atoms with E-state index in [0.717, 1.165) is 8.61 Å². The monoisotopic (exact) mass is 187 g/mol. The van der Waals surface area contributed by atoms with Crippen LogP contribution < -0.4 is 0 Å². The average Bonchev–Trinajstić information content (AvgIpc) is 2.00. The maximum absolute atomic E-state index is 11.3. The summed E-state index contributed by atoms with van der Waals surface area (Å²) in [7, 11) is -0.498. The van der Waals surface area contributed by atoms with Crippen LogP contribution in [-0.2, 0) is 10.2 Å². The summed E-state index contributed by atoms with van der Waals surface area (Å²) < 4.78 is 24.7. The first kappa shape index (κ1) is 9.03. The van der Waals surface area contributed by atoms with Crippen molar-refractivity contribution in [2.24, 2.45) is 0 Å². The van der Waals surface area contributed by atoms with Gasteiger partial charge in [-0.2, -0.15) is 18.0 Å². The van der Waals surface area contributed by atoms with E-state index in [1.54, 1.807) is 0 Å². The lowest BCUT2D eigenvalue weighted by Crippen LogP contribution is -2.41. The maximum atomic E-state index is 11.3. The second kappa shape index (κ2) is 2.77. The highest BCUT2D eigenvalue weighted by molar-refractivity contribution is 7.86. The highest BCUT2D eigenvalue weighted by atomic mass is 32.2. The van der Waals surface area contributed by atoms with E-state index in [2.05, 4.69) is 0 Å². The van der Waals surface area contributed by atoms with E-state index in [1.807, 2.05) is 6.07 Å². The number of rotatable bonds is 0. The van der Waals surface area contributed by atoms with Crippen LogP contribution in [0.3, 0.4) is 0 Å². The molecule has 0 aromatic rings. The zero-order valence-electron chi connectivity index (χ0n) is 6.85. The van der Waals surface area contributed by atoms with Gasteiger partial charge in [0.15, 0.2) is 0 Å². The molecule has 0 saturated carbocycles. The molecule has 0 aromatic carbocycles. The van der Waals surface area contributed by atoms with Crippen molar-refractivity contribution in [2.75, 3.05) is 20.6 Å². The summed E-state index contributed by atoms with van der Waals surface area (Å²) in [5.41, 5.74) is 0.440. The standard InChI is InChI=1S/C6H9N3O2S/c1-8-4-6(3-7)5-9(2)12(8,10)11/h4H,5H2,1-2H3. The van der Waals surface area contributed by atoms with Crippen molar-refractivity contribution in [3.05, 3.63) is 11.8 Å². The minimum Gasteiger partial charge on any atom is -0.267 e. The first-order valence-corrected chi connectivity index (χ1v) is 4.68. The Balaban J connectivity index is 3.10. The normalized spacial score (nSPS) is 23.1. The molecule has 12 heavy (non-hydrogen) atoms. The Kier molecular flexibility index (Phi) is 2.08. The minimum absolute atomic E-state index is 0.156. The van der Waals surface area contributed by atoms with Gasteiger partial charge in [-0.3, -0.25) is 4.31 Å². The Bertz CT molecular complexity index is 351. The van der Waals surface area contributed by atoms with Crippen LogP contribution in [0.15, 0.2) is 11.8 Å². The van der Waals surface area contributed by atoms with E-state index < -0.39 is 10.2 Å². The third kappa shape index (κ3) is 1.29. The Morgan fingerprint density at radius 1 is 1.58 bits per heavy atom. The third-order valence-electron chi connectivity index (χ3n) is 1.63. The first-order chi connectivity index (χ1) is 5.48. The second-order valence-electron chi connectivity index (χ2n) is 2.55. The van der Waals surface area contributed by atoms with Gasteiger partial charge in [-0.05, 0) is 0 Å². The maximum Gasteiger partial charge on any atom is 0.303 e. The van der Waals surface area contributed by atoms with E-state index in [1.165, 1.54) is 20.3 Å². The Morgan fingerprint density at radius 2 is 2.17 bits per heavy atom. The number of hydrogen-bond acceptors (Lipinski definition) is 3. The molecular formula is C6H9N3O2S. The SMILES string of the molecule is CN1C=C(C#N)CN(C)S1(=O)=O. The highest BCUT2D eigenvalue weighted by Crippen LogP contribution is 2.14. The van der Waals surface area contributed by atoms with E-state index in [9.17, 15) is 8.42 Å². The van der Waals surface area contributed by atoms with Gasteiger partial charge in [0.05, 0.1) is 18.2 Å². The van der Waals surface area contributed by atoms with Gasteiger partial charge in [-0.25, -0.2) is 0 Å². The predicted molar refractivity (Wildman–Crippen MR) is 43.0 cm³/mol. The van der Waals surface area contributed by atoms with Gasteiger partial charge < -0.3 is 0 Å². The Labute approximate surface area is 71.7 Å². The van der Waals surface area contributed by atoms with Crippen molar-refractivity contribution < 1.29 is 8.42 Å². The molecule has 0 fully saturated rings. The molecule has 0 spiro atoms. The molecule has 1 rings (SSSR count). The molecule has 0 N–H and O–H groups in total. The molecule has 66 valence electrons. The first-order valence-electron chi connectivity index (χ1n) is 3.28. The van der Waals surface area contributed by atoms with Gasteiger partial charge >= 0.3 is 10.2 Å². The van der Waals surface area contributed by atoms with Crippen LogP contribution in [0.2, 0.25) is 0 Å². The van der Waals surface area contributed by atoms with E-state index in [4.69, 9.17) is 5.26 Å². The molecule has 6 heteroatoms. The van der Waals surface area contributed by atoms with Crippen LogP contribution in [0.1, 0.15) is 0 Å². The van der Waals surface area contributed by atoms with Crippen molar-refractivity contribution in [2.45, 2.75) is 0 Å². The van der Waals surface area contributed by atoms with Crippen molar-refractivity contribution in [3.63, 3.8) is 0 Å². The summed E-state index contributed by atoms with van der Waals surface area (Å²) in [6, 6.07) is 1.92. The fraction of sp³-hybridized carbons (Fsp3) is 0.500. The van der Waals surface area contributed by atoms with Crippen LogP contribution in [0.25, 0.3) is 0 Å². The zero-order valence-corrected chi connectivity index (χ0v) is 7.67. The van der Waals surface area contributed by atoms with Gasteiger partial charge in [0.1, 0.15) is 0 Å². The summed E-state index contributed by atoms with van der Waals surface area (Å²) in [6.07, 6.45) is 1.33. The second-order valence-corrected chi connectivity index (χ2v) is 4.64. The van der Waals surface area contributed by atoms with Gasteiger partial charge in [-0.15, -0.1) is 0 Å². The molecular weight excluding hydrogens is 178 g/mol. The number of hydrogen-bond donors (Lipinski definition) is 0. The molecule has 0 aliphatic carbocycles. The topological polar surface area (TPSA) is 64.4 Å². The summed E-state index contributed by atoms with van der Waals surface area (Å²) in [4.78, 5) is 0. The van der Waals surface area contributed by atoms with Crippen LogP contribution in [0.4, 0.5) is 0 Å². The molecule has 0 saturated heterocycles. The van der Waals surface area contributed by atoms with E-state index >= 15 is 0 Å². The lowest BCUT2D eigenvalue weighted by Gasteiger charge is -2.27. The molecule has 1 aliphatic heterocycles. The van der Waals surface area contributed by atoms with Crippen LogP contribution >= 0.6 is 0 Å². The lowest BCUT2D eigenvalue weighted by atomic mass is 10.3. The average molecular weight is 187 g/mol. The van der Waals surface area contributed by atoms with Crippen molar-refractivity contribution in [1.29, 1.82) is 5.26 Å². The van der Waals surface area contributed by atoms with E-state index in [-0.39, 0.29) is 6.54 Å². The van der Waals surface area contributed by atoms with Crippen LogP contribution in [0, 0.1) is 11.3 Å². The molecule has 0 atom stereocenters. The number of nitriles is 1. The van der Waals surface area contributed by atoms with Crippen LogP contribution in [0.5, 0.6) is 0 Å². The minimum atomic E-state index is -3.34. The van der Waals surface area contributed by atoms with Crippen molar-refractivity contribution in [1.82, 2.24) is 8.61 Å². The summed E-state index contributed by atoms with van der Waals surface area (Å²) in [5.74, 6) is 0. The van der Waals surface area contributed by atoms with Gasteiger partial charge in [-0.1, -0.05) is 0 Å². The molecule has 0 bridgehead atoms. The number of nitrogens with zero attached hydrogens (tertiary/aromatic N) is 3. The Hall–Kier alpha value is -1.06. The quantitative estimate of drug-likeness (QED) is 0.514. The molecule has 1 aliphatic rings. The van der Waals surface area contributed by atoms with Gasteiger partial charge in [0.25, 0.3) is 0 Å². The third-order valence-corrected chi connectivity index (χ3v) is 3.38. The largest absolute Gasteiger partial charge is 0.303 e. The molecule has 0 aromatic heterocycles. The highest BCUT2D eigenvalue weighted by Gasteiger charge is 2.27. The molecule has 1 heterocycles. The smallest absolute Gasteiger partial charge is 0.267 e.